The SMILES string of the molecule is CNCC(Cc1nccs1)C(C)C. The average molecular weight is 198 g/mol. The Kier molecular flexibility index (Phi) is 4.39. The van der Waals surface area contributed by atoms with Gasteiger partial charge in [-0.1, -0.05) is 13.8 Å². The molecule has 0 aromatic carbocycles. The van der Waals surface area contributed by atoms with E-state index in [9.17, 15) is 0 Å². The van der Waals surface area contributed by atoms with E-state index in [1.807, 2.05) is 18.6 Å². The molecule has 1 heterocycles. The molecule has 0 radical (unpaired) electrons. The molecule has 0 bridgehead atoms. The minimum atomic E-state index is 0.705. The summed E-state index contributed by atoms with van der Waals surface area (Å²) in [6.45, 7) is 5.63. The van der Waals surface area contributed by atoms with Gasteiger partial charge in [-0.3, -0.25) is 0 Å². The largest absolute Gasteiger partial charge is 0.319 e. The highest BCUT2D eigenvalue weighted by Gasteiger charge is 2.14. The maximum Gasteiger partial charge on any atom is 0.0928 e. The van der Waals surface area contributed by atoms with Crippen molar-refractivity contribution >= 4 is 11.3 Å². The molecule has 0 fully saturated rings. The minimum absolute atomic E-state index is 0.705. The Balaban J connectivity index is 2.47. The van der Waals surface area contributed by atoms with Crippen LogP contribution in [0.4, 0.5) is 0 Å². The van der Waals surface area contributed by atoms with E-state index in [1.54, 1.807) is 11.3 Å². The third kappa shape index (κ3) is 3.44. The Hall–Kier alpha value is -0.410. The van der Waals surface area contributed by atoms with Crippen molar-refractivity contribution < 1.29 is 0 Å². The Morgan fingerprint density at radius 3 is 2.77 bits per heavy atom. The smallest absolute Gasteiger partial charge is 0.0928 e. The van der Waals surface area contributed by atoms with Crippen LogP contribution in [0, 0.1) is 11.8 Å². The first-order chi connectivity index (χ1) is 6.24. The van der Waals surface area contributed by atoms with Crippen LogP contribution in [0.25, 0.3) is 0 Å². The molecule has 1 rings (SSSR count). The summed E-state index contributed by atoms with van der Waals surface area (Å²) in [6, 6.07) is 0. The lowest BCUT2D eigenvalue weighted by atomic mass is 9.93. The van der Waals surface area contributed by atoms with Crippen molar-refractivity contribution in [3.63, 3.8) is 0 Å². The molecule has 1 aromatic heterocycles. The molecule has 1 unspecified atom stereocenters. The molecule has 74 valence electrons. The molecular formula is C10H18N2S. The fourth-order valence-corrected chi connectivity index (χ4v) is 2.09. The Morgan fingerprint density at radius 1 is 1.54 bits per heavy atom. The summed E-state index contributed by atoms with van der Waals surface area (Å²) < 4.78 is 0. The summed E-state index contributed by atoms with van der Waals surface area (Å²) in [4.78, 5) is 4.31. The zero-order chi connectivity index (χ0) is 9.68. The van der Waals surface area contributed by atoms with E-state index in [4.69, 9.17) is 0 Å². The highest BCUT2D eigenvalue weighted by molar-refractivity contribution is 7.09. The van der Waals surface area contributed by atoms with Gasteiger partial charge in [0.05, 0.1) is 5.01 Å². The lowest BCUT2D eigenvalue weighted by Crippen LogP contribution is -2.25. The highest BCUT2D eigenvalue weighted by Crippen LogP contribution is 2.17. The Morgan fingerprint density at radius 2 is 2.31 bits per heavy atom. The third-order valence-electron chi connectivity index (χ3n) is 2.33. The average Bonchev–Trinajstić information content (AvgIpc) is 2.56. The quantitative estimate of drug-likeness (QED) is 0.784. The molecular weight excluding hydrogens is 180 g/mol. The first-order valence-electron chi connectivity index (χ1n) is 4.77. The fraction of sp³-hybridized carbons (Fsp3) is 0.700. The molecule has 1 atom stereocenters. The lowest BCUT2D eigenvalue weighted by Gasteiger charge is -2.18. The van der Waals surface area contributed by atoms with Gasteiger partial charge >= 0.3 is 0 Å². The number of thiazole rings is 1. The van der Waals surface area contributed by atoms with Crippen molar-refractivity contribution in [2.75, 3.05) is 13.6 Å². The monoisotopic (exact) mass is 198 g/mol. The van der Waals surface area contributed by atoms with E-state index in [-0.39, 0.29) is 0 Å². The van der Waals surface area contributed by atoms with Gasteiger partial charge in [-0.15, -0.1) is 11.3 Å². The van der Waals surface area contributed by atoms with Crippen LogP contribution in [0.1, 0.15) is 18.9 Å². The van der Waals surface area contributed by atoms with Gasteiger partial charge < -0.3 is 5.32 Å². The van der Waals surface area contributed by atoms with Gasteiger partial charge in [0, 0.05) is 18.0 Å². The second-order valence-corrected chi connectivity index (χ2v) is 4.67. The van der Waals surface area contributed by atoms with Crippen molar-refractivity contribution in [2.45, 2.75) is 20.3 Å². The van der Waals surface area contributed by atoms with Crippen molar-refractivity contribution in [3.8, 4) is 0 Å². The topological polar surface area (TPSA) is 24.9 Å². The van der Waals surface area contributed by atoms with Crippen LogP contribution < -0.4 is 5.32 Å². The van der Waals surface area contributed by atoms with E-state index < -0.39 is 0 Å². The van der Waals surface area contributed by atoms with Crippen LogP contribution in [0.2, 0.25) is 0 Å². The summed E-state index contributed by atoms with van der Waals surface area (Å²) in [7, 11) is 2.01. The molecule has 2 nitrogen and oxygen atoms in total. The van der Waals surface area contributed by atoms with Gasteiger partial charge in [0.2, 0.25) is 0 Å². The van der Waals surface area contributed by atoms with Gasteiger partial charge in [-0.2, -0.15) is 0 Å². The van der Waals surface area contributed by atoms with Crippen molar-refractivity contribution in [3.05, 3.63) is 16.6 Å². The van der Waals surface area contributed by atoms with Crippen molar-refractivity contribution in [1.29, 1.82) is 0 Å². The van der Waals surface area contributed by atoms with Gasteiger partial charge in [-0.05, 0) is 25.4 Å². The Labute approximate surface area is 84.4 Å². The maximum absolute atomic E-state index is 4.31. The van der Waals surface area contributed by atoms with E-state index in [1.165, 1.54) is 5.01 Å². The normalized spacial score (nSPS) is 13.5. The lowest BCUT2D eigenvalue weighted by molar-refractivity contribution is 0.370. The number of rotatable bonds is 5. The zero-order valence-electron chi connectivity index (χ0n) is 8.58. The van der Waals surface area contributed by atoms with Gasteiger partial charge in [-0.25, -0.2) is 4.98 Å². The molecule has 1 N–H and O–H groups in total. The number of hydrogen-bond acceptors (Lipinski definition) is 3. The van der Waals surface area contributed by atoms with E-state index >= 15 is 0 Å². The van der Waals surface area contributed by atoms with Crippen LogP contribution in [0.3, 0.4) is 0 Å². The molecule has 0 aliphatic carbocycles. The predicted molar refractivity (Wildman–Crippen MR) is 58.1 cm³/mol. The van der Waals surface area contributed by atoms with E-state index in [2.05, 4.69) is 24.1 Å². The predicted octanol–water partition coefficient (Wildman–Crippen LogP) is 2.18. The molecule has 0 aliphatic rings. The molecule has 0 amide bonds. The summed E-state index contributed by atoms with van der Waals surface area (Å²) in [6.07, 6.45) is 2.99. The standard InChI is InChI=1S/C10H18N2S/c1-8(2)9(7-11-3)6-10-12-4-5-13-10/h4-5,8-9,11H,6-7H2,1-3H3. The number of hydrogen-bond donors (Lipinski definition) is 1. The second-order valence-electron chi connectivity index (χ2n) is 3.69. The van der Waals surface area contributed by atoms with E-state index in [0.29, 0.717) is 5.92 Å². The van der Waals surface area contributed by atoms with Crippen LogP contribution in [0.15, 0.2) is 11.6 Å². The first kappa shape index (κ1) is 10.7. The minimum Gasteiger partial charge on any atom is -0.319 e. The molecule has 13 heavy (non-hydrogen) atoms. The molecule has 0 aliphatic heterocycles. The van der Waals surface area contributed by atoms with Crippen LogP contribution in [0.5, 0.6) is 0 Å². The van der Waals surface area contributed by atoms with Crippen LogP contribution >= 0.6 is 11.3 Å². The summed E-state index contributed by atoms with van der Waals surface area (Å²) >= 11 is 1.76. The molecule has 1 aromatic rings. The number of aromatic nitrogens is 1. The summed E-state index contributed by atoms with van der Waals surface area (Å²) in [5.74, 6) is 1.42. The third-order valence-corrected chi connectivity index (χ3v) is 3.13. The number of nitrogens with one attached hydrogen (secondary N) is 1. The molecule has 3 heteroatoms. The van der Waals surface area contributed by atoms with Crippen LogP contribution in [-0.2, 0) is 6.42 Å². The Bertz CT molecular complexity index is 219. The molecule has 0 spiro atoms. The van der Waals surface area contributed by atoms with Crippen molar-refractivity contribution in [1.82, 2.24) is 10.3 Å². The summed E-state index contributed by atoms with van der Waals surface area (Å²) in [5, 5.41) is 6.54. The molecule has 0 saturated heterocycles. The zero-order valence-corrected chi connectivity index (χ0v) is 9.40. The van der Waals surface area contributed by atoms with Gasteiger partial charge in [0.15, 0.2) is 0 Å². The van der Waals surface area contributed by atoms with E-state index in [0.717, 1.165) is 18.9 Å². The number of nitrogens with zero attached hydrogens (tertiary/aromatic N) is 1. The molecule has 0 saturated carbocycles. The van der Waals surface area contributed by atoms with Gasteiger partial charge in [0.1, 0.15) is 0 Å². The fourth-order valence-electron chi connectivity index (χ4n) is 1.38. The maximum atomic E-state index is 4.31. The van der Waals surface area contributed by atoms with Crippen LogP contribution in [-0.4, -0.2) is 18.6 Å². The van der Waals surface area contributed by atoms with Crippen molar-refractivity contribution in [2.24, 2.45) is 11.8 Å². The first-order valence-corrected chi connectivity index (χ1v) is 5.65. The second kappa shape index (κ2) is 5.35. The highest BCUT2D eigenvalue weighted by atomic mass is 32.1. The van der Waals surface area contributed by atoms with Gasteiger partial charge in [0.25, 0.3) is 0 Å². The summed E-state index contributed by atoms with van der Waals surface area (Å²) in [5.41, 5.74) is 0.